The van der Waals surface area contributed by atoms with Crippen molar-refractivity contribution < 1.29 is 9.47 Å². The largest absolute Gasteiger partial charge is 0.491 e. The minimum absolute atomic E-state index is 0.230. The molecule has 31 heavy (non-hydrogen) atoms. The Kier molecular flexibility index (Phi) is 8.53. The molecular formula is C24H35N5O2. The van der Waals surface area contributed by atoms with Crippen LogP contribution in [0.3, 0.4) is 0 Å². The molecule has 1 N–H and O–H groups in total. The molecule has 1 aromatic carbocycles. The lowest BCUT2D eigenvalue weighted by Gasteiger charge is -2.32. The predicted molar refractivity (Wildman–Crippen MR) is 126 cm³/mol. The van der Waals surface area contributed by atoms with E-state index in [2.05, 4.69) is 53.0 Å². The Hall–Kier alpha value is -2.80. The van der Waals surface area contributed by atoms with Crippen LogP contribution in [0.1, 0.15) is 25.0 Å². The Morgan fingerprint density at radius 1 is 1.35 bits per heavy atom. The van der Waals surface area contributed by atoms with E-state index >= 15 is 0 Å². The van der Waals surface area contributed by atoms with Crippen LogP contribution in [-0.2, 0) is 11.3 Å². The van der Waals surface area contributed by atoms with Crippen LogP contribution in [0.25, 0.3) is 0 Å². The van der Waals surface area contributed by atoms with Crippen molar-refractivity contribution in [3.05, 3.63) is 53.7 Å². The zero-order valence-corrected chi connectivity index (χ0v) is 19.2. The van der Waals surface area contributed by atoms with Gasteiger partial charge in [-0.3, -0.25) is 0 Å². The van der Waals surface area contributed by atoms with Crippen molar-refractivity contribution in [2.75, 3.05) is 51.3 Å². The van der Waals surface area contributed by atoms with Gasteiger partial charge >= 0.3 is 0 Å². The van der Waals surface area contributed by atoms with E-state index in [4.69, 9.17) is 14.5 Å². The van der Waals surface area contributed by atoms with Gasteiger partial charge in [-0.05, 0) is 50.1 Å². The molecule has 0 saturated carbocycles. The Bertz CT molecular complexity index is 857. The number of aryl methyl sites for hydroxylation is 1. The number of pyridine rings is 1. The van der Waals surface area contributed by atoms with E-state index in [1.54, 1.807) is 0 Å². The molecule has 0 amide bonds. The van der Waals surface area contributed by atoms with E-state index in [-0.39, 0.29) is 6.10 Å². The number of benzene rings is 1. The number of nitrogens with one attached hydrogen (secondary N) is 1. The average Bonchev–Trinajstić information content (AvgIpc) is 2.78. The van der Waals surface area contributed by atoms with Gasteiger partial charge in [-0.15, -0.1) is 0 Å². The quantitative estimate of drug-likeness (QED) is 0.518. The summed E-state index contributed by atoms with van der Waals surface area (Å²) in [5.41, 5.74) is 2.29. The number of ether oxygens (including phenoxy) is 2. The fourth-order valence-corrected chi connectivity index (χ4v) is 3.51. The highest BCUT2D eigenvalue weighted by Crippen LogP contribution is 2.17. The van der Waals surface area contributed by atoms with E-state index in [1.807, 2.05) is 37.5 Å². The van der Waals surface area contributed by atoms with Crippen LogP contribution in [0.15, 0.2) is 47.6 Å². The molecule has 3 rings (SSSR count). The van der Waals surface area contributed by atoms with Gasteiger partial charge in [0.2, 0.25) is 0 Å². The fourth-order valence-electron chi connectivity index (χ4n) is 3.51. The van der Waals surface area contributed by atoms with E-state index in [0.29, 0.717) is 13.2 Å². The number of hydrogen-bond donors (Lipinski definition) is 1. The number of rotatable bonds is 8. The molecule has 1 unspecified atom stereocenters. The molecule has 0 spiro atoms. The molecule has 7 heteroatoms. The van der Waals surface area contributed by atoms with E-state index in [1.165, 1.54) is 0 Å². The number of para-hydroxylation sites is 1. The van der Waals surface area contributed by atoms with Crippen molar-refractivity contribution in [2.45, 2.75) is 33.4 Å². The summed E-state index contributed by atoms with van der Waals surface area (Å²) in [5.74, 6) is 2.79. The Morgan fingerprint density at radius 3 is 2.97 bits per heavy atom. The molecule has 1 aromatic heterocycles. The van der Waals surface area contributed by atoms with Crippen LogP contribution in [0, 0.1) is 6.92 Å². The van der Waals surface area contributed by atoms with Gasteiger partial charge in [0.1, 0.15) is 18.2 Å². The van der Waals surface area contributed by atoms with Crippen LogP contribution in [0.2, 0.25) is 0 Å². The monoisotopic (exact) mass is 425 g/mol. The van der Waals surface area contributed by atoms with Gasteiger partial charge in [-0.25, -0.2) is 9.98 Å². The van der Waals surface area contributed by atoms with E-state index in [9.17, 15) is 0 Å². The maximum atomic E-state index is 5.94. The average molecular weight is 426 g/mol. The highest BCUT2D eigenvalue weighted by Gasteiger charge is 2.18. The van der Waals surface area contributed by atoms with Crippen LogP contribution < -0.4 is 15.0 Å². The summed E-state index contributed by atoms with van der Waals surface area (Å²) in [7, 11) is 2.04. The smallest absolute Gasteiger partial charge is 0.194 e. The molecule has 1 aliphatic heterocycles. The lowest BCUT2D eigenvalue weighted by molar-refractivity contribution is 0.0529. The maximum absolute atomic E-state index is 5.94. The first kappa shape index (κ1) is 22.9. The standard InChI is InChI=1S/C24H35N5O2/c1-5-25-24(28(4)12-14-31-22-9-7-6-8-19(22)2)27-17-21-10-11-26-23(16-21)29-13-15-30-20(3)18-29/h6-11,16,20H,5,12-15,17-18H2,1-4H3,(H,25,27). The Labute approximate surface area is 186 Å². The summed E-state index contributed by atoms with van der Waals surface area (Å²) in [6, 6.07) is 12.2. The number of nitrogens with zero attached hydrogens (tertiary/aromatic N) is 4. The first-order valence-electron chi connectivity index (χ1n) is 11.1. The van der Waals surface area contributed by atoms with Crippen LogP contribution >= 0.6 is 0 Å². The molecule has 168 valence electrons. The number of likely N-dealkylation sites (N-methyl/N-ethyl adjacent to an activating group) is 1. The molecule has 1 atom stereocenters. The molecule has 2 aromatic rings. The lowest BCUT2D eigenvalue weighted by atomic mass is 10.2. The lowest BCUT2D eigenvalue weighted by Crippen LogP contribution is -2.41. The Balaban J connectivity index is 1.58. The molecule has 7 nitrogen and oxygen atoms in total. The van der Waals surface area contributed by atoms with E-state index in [0.717, 1.165) is 61.4 Å². The predicted octanol–water partition coefficient (Wildman–Crippen LogP) is 3.09. The SMILES string of the molecule is CCNC(=NCc1ccnc(N2CCOC(C)C2)c1)N(C)CCOc1ccccc1C. The molecule has 2 heterocycles. The summed E-state index contributed by atoms with van der Waals surface area (Å²) in [6.07, 6.45) is 2.10. The van der Waals surface area contributed by atoms with Crippen LogP contribution in [0.5, 0.6) is 5.75 Å². The molecule has 1 saturated heterocycles. The summed E-state index contributed by atoms with van der Waals surface area (Å²) in [5, 5.41) is 3.37. The number of morpholine rings is 1. The second kappa shape index (κ2) is 11.6. The molecule has 0 bridgehead atoms. The van der Waals surface area contributed by atoms with Gasteiger partial charge in [0.15, 0.2) is 5.96 Å². The van der Waals surface area contributed by atoms with Crippen molar-refractivity contribution >= 4 is 11.8 Å². The number of anilines is 1. The number of hydrogen-bond acceptors (Lipinski definition) is 5. The number of guanidine groups is 1. The zero-order valence-electron chi connectivity index (χ0n) is 19.2. The molecule has 0 aliphatic carbocycles. The summed E-state index contributed by atoms with van der Waals surface area (Å²) in [6.45, 7) is 11.5. The summed E-state index contributed by atoms with van der Waals surface area (Å²) < 4.78 is 11.6. The molecule has 1 aliphatic rings. The summed E-state index contributed by atoms with van der Waals surface area (Å²) in [4.78, 5) is 13.8. The van der Waals surface area contributed by atoms with Gasteiger partial charge < -0.3 is 24.6 Å². The minimum atomic E-state index is 0.230. The van der Waals surface area contributed by atoms with Crippen molar-refractivity contribution in [3.63, 3.8) is 0 Å². The maximum Gasteiger partial charge on any atom is 0.194 e. The van der Waals surface area contributed by atoms with Crippen molar-refractivity contribution in [3.8, 4) is 5.75 Å². The second-order valence-electron chi connectivity index (χ2n) is 7.86. The third-order valence-corrected chi connectivity index (χ3v) is 5.26. The third kappa shape index (κ3) is 6.85. The summed E-state index contributed by atoms with van der Waals surface area (Å²) >= 11 is 0. The van der Waals surface area contributed by atoms with Gasteiger partial charge in [-0.2, -0.15) is 0 Å². The van der Waals surface area contributed by atoms with Crippen molar-refractivity contribution in [2.24, 2.45) is 4.99 Å². The van der Waals surface area contributed by atoms with Crippen molar-refractivity contribution in [1.82, 2.24) is 15.2 Å². The van der Waals surface area contributed by atoms with Crippen molar-refractivity contribution in [1.29, 1.82) is 0 Å². The van der Waals surface area contributed by atoms with Gasteiger partial charge in [0, 0.05) is 32.9 Å². The topological polar surface area (TPSA) is 62.2 Å². The van der Waals surface area contributed by atoms with Gasteiger partial charge in [-0.1, -0.05) is 18.2 Å². The first-order valence-corrected chi connectivity index (χ1v) is 11.1. The van der Waals surface area contributed by atoms with Crippen LogP contribution in [0.4, 0.5) is 5.82 Å². The normalized spacial score (nSPS) is 16.8. The van der Waals surface area contributed by atoms with Gasteiger partial charge in [0.05, 0.1) is 25.8 Å². The zero-order chi connectivity index (χ0) is 22.1. The van der Waals surface area contributed by atoms with E-state index < -0.39 is 0 Å². The molecule has 0 radical (unpaired) electrons. The molecular weight excluding hydrogens is 390 g/mol. The third-order valence-electron chi connectivity index (χ3n) is 5.26. The number of aliphatic imine (C=N–C) groups is 1. The highest BCUT2D eigenvalue weighted by molar-refractivity contribution is 5.79. The number of aromatic nitrogens is 1. The highest BCUT2D eigenvalue weighted by atomic mass is 16.5. The van der Waals surface area contributed by atoms with Gasteiger partial charge in [0.25, 0.3) is 0 Å². The first-order chi connectivity index (χ1) is 15.1. The Morgan fingerprint density at radius 2 is 2.19 bits per heavy atom. The fraction of sp³-hybridized carbons (Fsp3) is 0.500. The minimum Gasteiger partial charge on any atom is -0.491 e. The van der Waals surface area contributed by atoms with Crippen LogP contribution in [-0.4, -0.2) is 68.4 Å². The second-order valence-corrected chi connectivity index (χ2v) is 7.86. The molecule has 1 fully saturated rings.